The third-order valence-corrected chi connectivity index (χ3v) is 14.0. The Bertz CT molecular complexity index is 2160. The number of carbonyl (C=O) groups excluding carboxylic acids is 3. The zero-order chi connectivity index (χ0) is 47.1. The largest absolute Gasteiger partial charge is 0.453 e. The molecule has 6 rings (SSSR count). The summed E-state index contributed by atoms with van der Waals surface area (Å²) in [5.41, 5.74) is 13.0. The third kappa shape index (κ3) is 17.7. The highest BCUT2D eigenvalue weighted by Crippen LogP contribution is 2.53. The number of hydrogen-bond acceptors (Lipinski definition) is 14. The van der Waals surface area contributed by atoms with Crippen LogP contribution in [0.5, 0.6) is 11.5 Å². The topological polar surface area (TPSA) is 267 Å². The van der Waals surface area contributed by atoms with Gasteiger partial charge in [-0.25, -0.2) is 23.8 Å². The Balaban J connectivity index is 0.823. The van der Waals surface area contributed by atoms with Crippen LogP contribution in [-0.2, 0) is 47.7 Å². The van der Waals surface area contributed by atoms with Crippen molar-refractivity contribution in [1.82, 2.24) is 36.3 Å². The normalized spacial score (nSPS) is 16.8. The molecule has 22 heteroatoms. The lowest BCUT2D eigenvalue weighted by Gasteiger charge is -2.28. The van der Waals surface area contributed by atoms with Gasteiger partial charge in [0.2, 0.25) is 5.91 Å². The number of aromatic nitrogens is 3. The van der Waals surface area contributed by atoms with Crippen molar-refractivity contribution in [3.63, 3.8) is 0 Å². The number of benzene rings is 3. The number of alkyl carbamates (subject to hydrolysis) is 1. The molecule has 3 heterocycles. The molecule has 0 saturated carbocycles. The molecule has 4 amide bonds. The molecule has 2 aliphatic heterocycles. The van der Waals surface area contributed by atoms with Gasteiger partial charge in [0.25, 0.3) is 0 Å². The lowest BCUT2D eigenvalue weighted by molar-refractivity contribution is -0.121. The van der Waals surface area contributed by atoms with Crippen molar-refractivity contribution < 1.29 is 46.9 Å². The van der Waals surface area contributed by atoms with Gasteiger partial charge in [-0.2, -0.15) is 11.8 Å². The van der Waals surface area contributed by atoms with E-state index in [2.05, 4.69) is 36.6 Å². The minimum absolute atomic E-state index is 0.0171. The molecule has 4 unspecified atom stereocenters. The zero-order valence-corrected chi connectivity index (χ0v) is 39.1. The van der Waals surface area contributed by atoms with Crippen molar-refractivity contribution in [3.8, 4) is 11.5 Å². The molecule has 0 aliphatic carbocycles. The van der Waals surface area contributed by atoms with Crippen molar-refractivity contribution in [2.24, 2.45) is 16.5 Å². The number of nitrogens with two attached hydrogens (primary N) is 2. The Morgan fingerprint density at radius 1 is 0.851 bits per heavy atom. The molecular formula is C45H61N10O10PS. The second-order valence-corrected chi connectivity index (χ2v) is 19.0. The SMILES string of the molecule is NC(N)=Nc1ccc(CC(NC(=O)OCCCc2cn(CCOCCOCCOCCNC(=O)CCCCC3SCC4NC(=O)NC43)nn2)P(=O)(Oc2ccccc2)Oc2ccccc2)cc1. The first-order valence-corrected chi connectivity index (χ1v) is 25.1. The van der Waals surface area contributed by atoms with Crippen molar-refractivity contribution in [3.05, 3.63) is 102 Å². The number of nitrogens with one attached hydrogen (secondary N) is 4. The minimum Gasteiger partial charge on any atom is -0.450 e. The summed E-state index contributed by atoms with van der Waals surface area (Å²) in [6, 6.07) is 24.4. The summed E-state index contributed by atoms with van der Waals surface area (Å²) in [4.78, 5) is 41.0. The Morgan fingerprint density at radius 2 is 1.52 bits per heavy atom. The highest BCUT2D eigenvalue weighted by molar-refractivity contribution is 8.00. The molecule has 362 valence electrons. The lowest BCUT2D eigenvalue weighted by atomic mass is 10.0. The van der Waals surface area contributed by atoms with E-state index in [1.165, 1.54) is 0 Å². The van der Waals surface area contributed by atoms with Gasteiger partial charge < -0.3 is 60.7 Å². The summed E-state index contributed by atoms with van der Waals surface area (Å²) in [6.45, 7) is 3.45. The first kappa shape index (κ1) is 50.6. The standard InChI is InChI=1S/C45H61N10O10PS/c46-43(47)49-34-19-17-33(18-20-34)30-41(66(59,64-36-11-3-1-4-12-36)65-37-13-5-2-6-14-37)51-45(58)63-23-9-10-35-31-55(54-53-35)22-25-61-27-29-62-28-26-60-24-21-48-40(56)16-8-7-15-39-42-38(32-67-39)50-44(57)52-42/h1-6,11-14,17-20,31,38-39,41-42H,7-10,15-16,21-30,32H2,(H,48,56)(H,51,58)(H4,46,47,49)(H2,50,52,57). The average molecular weight is 965 g/mol. The highest BCUT2D eigenvalue weighted by Gasteiger charge is 2.43. The molecule has 0 radical (unpaired) electrons. The summed E-state index contributed by atoms with van der Waals surface area (Å²) in [6.07, 6.45) is 5.25. The van der Waals surface area contributed by atoms with Crippen LogP contribution in [0.25, 0.3) is 0 Å². The average Bonchev–Trinajstić information content (AvgIpc) is 4.04. The van der Waals surface area contributed by atoms with Gasteiger partial charge in [-0.05, 0) is 67.6 Å². The molecule has 20 nitrogen and oxygen atoms in total. The van der Waals surface area contributed by atoms with Crippen molar-refractivity contribution in [2.75, 3.05) is 58.5 Å². The van der Waals surface area contributed by atoms with Gasteiger partial charge >= 0.3 is 19.7 Å². The number of nitrogens with zero attached hydrogens (tertiary/aromatic N) is 4. The van der Waals surface area contributed by atoms with Gasteiger partial charge in [-0.15, -0.1) is 5.10 Å². The minimum atomic E-state index is -4.19. The highest BCUT2D eigenvalue weighted by atomic mass is 32.2. The van der Waals surface area contributed by atoms with E-state index in [0.717, 1.165) is 30.7 Å². The molecule has 0 spiro atoms. The number of urea groups is 1. The molecule has 4 aromatic rings. The van der Waals surface area contributed by atoms with Crippen LogP contribution < -0.4 is 41.8 Å². The Labute approximate surface area is 394 Å². The molecule has 1 aromatic heterocycles. The van der Waals surface area contributed by atoms with Crippen LogP contribution in [0.3, 0.4) is 0 Å². The van der Waals surface area contributed by atoms with E-state index in [4.69, 9.17) is 39.5 Å². The number of carbonyl (C=O) groups is 3. The van der Waals surface area contributed by atoms with E-state index in [1.54, 1.807) is 89.6 Å². The Kier molecular flexibility index (Phi) is 20.4. The summed E-state index contributed by atoms with van der Waals surface area (Å²) in [7, 11) is -4.19. The fourth-order valence-corrected chi connectivity index (χ4v) is 10.6. The fraction of sp³-hybridized carbons (Fsp3) is 0.467. The number of guanidine groups is 1. The van der Waals surface area contributed by atoms with Crippen LogP contribution >= 0.6 is 19.4 Å². The van der Waals surface area contributed by atoms with E-state index < -0.39 is 19.5 Å². The number of aryl methyl sites for hydroxylation is 1. The van der Waals surface area contributed by atoms with Crippen LogP contribution in [0, 0.1) is 0 Å². The molecule has 2 aliphatic rings. The first-order chi connectivity index (χ1) is 32.6. The fourth-order valence-electron chi connectivity index (χ4n) is 7.21. The van der Waals surface area contributed by atoms with Gasteiger partial charge in [0.1, 0.15) is 11.5 Å². The van der Waals surface area contributed by atoms with Gasteiger partial charge in [-0.3, -0.25) is 4.79 Å². The van der Waals surface area contributed by atoms with Crippen LogP contribution in [0.15, 0.2) is 96.1 Å². The van der Waals surface area contributed by atoms with E-state index in [-0.39, 0.29) is 43.0 Å². The number of unbranched alkanes of at least 4 members (excludes halogenated alkanes) is 1. The predicted molar refractivity (Wildman–Crippen MR) is 253 cm³/mol. The predicted octanol–water partition coefficient (Wildman–Crippen LogP) is 4.65. The molecule has 2 fully saturated rings. The second kappa shape index (κ2) is 27.1. The van der Waals surface area contributed by atoms with E-state index in [0.29, 0.717) is 100.0 Å². The Hall–Kier alpha value is -5.86. The van der Waals surface area contributed by atoms with Gasteiger partial charge in [0.05, 0.1) is 76.3 Å². The van der Waals surface area contributed by atoms with Crippen molar-refractivity contribution in [2.45, 2.75) is 74.6 Å². The van der Waals surface area contributed by atoms with Crippen LogP contribution in [-0.4, -0.2) is 121 Å². The number of hydrogen-bond donors (Lipinski definition) is 6. The van der Waals surface area contributed by atoms with Gasteiger partial charge in [0.15, 0.2) is 11.7 Å². The molecular weight excluding hydrogens is 904 g/mol. The van der Waals surface area contributed by atoms with Crippen molar-refractivity contribution >= 4 is 49.0 Å². The quantitative estimate of drug-likeness (QED) is 0.0137. The maximum Gasteiger partial charge on any atom is 0.453 e. The molecule has 4 atom stereocenters. The summed E-state index contributed by atoms with van der Waals surface area (Å²) in [5, 5.41) is 20.4. The van der Waals surface area contributed by atoms with Crippen LogP contribution in [0.4, 0.5) is 15.3 Å². The molecule has 67 heavy (non-hydrogen) atoms. The smallest absolute Gasteiger partial charge is 0.450 e. The maximum absolute atomic E-state index is 14.8. The number of para-hydroxylation sites is 2. The second-order valence-electron chi connectivity index (χ2n) is 15.7. The molecule has 8 N–H and O–H groups in total. The number of aliphatic imine (C=N–C) groups is 1. The van der Waals surface area contributed by atoms with E-state index in [1.807, 2.05) is 18.0 Å². The third-order valence-electron chi connectivity index (χ3n) is 10.5. The number of rotatable bonds is 30. The molecule has 0 bridgehead atoms. The van der Waals surface area contributed by atoms with Crippen LogP contribution in [0.2, 0.25) is 0 Å². The number of amides is 4. The zero-order valence-electron chi connectivity index (χ0n) is 37.4. The Morgan fingerprint density at radius 3 is 2.21 bits per heavy atom. The summed E-state index contributed by atoms with van der Waals surface area (Å²) >= 11 is 1.89. The lowest BCUT2D eigenvalue weighted by Crippen LogP contribution is -2.39. The summed E-state index contributed by atoms with van der Waals surface area (Å²) in [5.74, 6) is 0.288. The molecule has 3 aromatic carbocycles. The van der Waals surface area contributed by atoms with Crippen LogP contribution in [0.1, 0.15) is 43.4 Å². The van der Waals surface area contributed by atoms with Gasteiger partial charge in [-0.1, -0.05) is 60.2 Å². The number of thioether (sulfide) groups is 1. The number of fused-ring (bicyclic) bond motifs is 1. The monoisotopic (exact) mass is 964 g/mol. The maximum atomic E-state index is 14.8. The van der Waals surface area contributed by atoms with E-state index in [9.17, 15) is 18.9 Å². The van der Waals surface area contributed by atoms with Gasteiger partial charge in [0, 0.05) is 36.6 Å². The first-order valence-electron chi connectivity index (χ1n) is 22.4. The number of ether oxygens (including phenoxy) is 4. The molecule has 2 saturated heterocycles. The summed E-state index contributed by atoms with van der Waals surface area (Å²) < 4.78 is 50.9. The van der Waals surface area contributed by atoms with Crippen molar-refractivity contribution in [1.29, 1.82) is 0 Å². The van der Waals surface area contributed by atoms with E-state index >= 15 is 0 Å².